The zero-order chi connectivity index (χ0) is 21.7. The molecule has 0 aliphatic rings. The smallest absolute Gasteiger partial charge is 0.194 e. The van der Waals surface area contributed by atoms with E-state index in [0.29, 0.717) is 32.5 Å². The maximum Gasteiger partial charge on any atom is 0.194 e. The van der Waals surface area contributed by atoms with E-state index in [1.54, 1.807) is 31.2 Å². The maximum absolute atomic E-state index is 12.5. The number of thiophene rings is 2. The molecule has 0 saturated heterocycles. The highest BCUT2D eigenvalue weighted by Crippen LogP contribution is 2.39. The van der Waals surface area contributed by atoms with Gasteiger partial charge in [-0.15, -0.1) is 22.7 Å². The molecule has 1 aromatic carbocycles. The summed E-state index contributed by atoms with van der Waals surface area (Å²) < 4.78 is 0. The number of aromatic hydroxyl groups is 1. The van der Waals surface area contributed by atoms with Crippen LogP contribution in [0, 0.1) is 0 Å². The van der Waals surface area contributed by atoms with Crippen LogP contribution in [0.25, 0.3) is 10.4 Å². The van der Waals surface area contributed by atoms with Crippen LogP contribution in [0.15, 0.2) is 46.8 Å². The Labute approximate surface area is 188 Å². The average molecular weight is 460 g/mol. The summed E-state index contributed by atoms with van der Waals surface area (Å²) in [6.45, 7) is 3.79. The number of benzene rings is 1. The van der Waals surface area contributed by atoms with Crippen LogP contribution in [0.1, 0.15) is 58.0 Å². The van der Waals surface area contributed by atoms with Gasteiger partial charge >= 0.3 is 0 Å². The fourth-order valence-electron chi connectivity index (χ4n) is 2.87. The number of halogens is 1. The first-order chi connectivity index (χ1) is 14.4. The molecule has 7 heteroatoms. The van der Waals surface area contributed by atoms with Gasteiger partial charge in [-0.1, -0.05) is 37.1 Å². The van der Waals surface area contributed by atoms with Crippen molar-refractivity contribution in [1.82, 2.24) is 0 Å². The first-order valence-corrected chi connectivity index (χ1v) is 11.7. The molecule has 0 aliphatic heterocycles. The van der Waals surface area contributed by atoms with Gasteiger partial charge in [0, 0.05) is 28.1 Å². The zero-order valence-corrected chi connectivity index (χ0v) is 19.2. The van der Waals surface area contributed by atoms with Crippen LogP contribution in [-0.4, -0.2) is 28.9 Å². The molecule has 3 rings (SSSR count). The van der Waals surface area contributed by atoms with Gasteiger partial charge in [0.15, 0.2) is 11.6 Å². The number of carbonyl (C=O) groups excluding carboxylic acids is 2. The fraction of sp³-hybridized carbons (Fsp3) is 0.261. The van der Waals surface area contributed by atoms with Crippen molar-refractivity contribution in [3.05, 3.63) is 62.1 Å². The number of rotatable bonds is 9. The van der Waals surface area contributed by atoms with Gasteiger partial charge in [-0.25, -0.2) is 0 Å². The number of ketones is 2. The van der Waals surface area contributed by atoms with E-state index in [0.717, 1.165) is 23.3 Å². The van der Waals surface area contributed by atoms with Gasteiger partial charge in [0.25, 0.3) is 0 Å². The topological polar surface area (TPSA) is 66.7 Å². The highest BCUT2D eigenvalue weighted by molar-refractivity contribution is 7.16. The lowest BCUT2D eigenvalue weighted by atomic mass is 10.1. The van der Waals surface area contributed by atoms with Crippen LogP contribution in [-0.2, 0) is 0 Å². The number of unbranched alkanes of at least 4 members (excludes halogenated alkanes) is 1. The number of hydrogen-bond acceptors (Lipinski definition) is 6. The van der Waals surface area contributed by atoms with Gasteiger partial charge in [-0.05, 0) is 43.2 Å². The molecule has 156 valence electrons. The van der Waals surface area contributed by atoms with E-state index in [2.05, 4.69) is 4.99 Å². The molecule has 0 saturated carbocycles. The number of hydrogen-bond donors (Lipinski definition) is 1. The highest BCUT2D eigenvalue weighted by Gasteiger charge is 2.16. The van der Waals surface area contributed by atoms with Crippen LogP contribution in [0.2, 0.25) is 5.02 Å². The van der Waals surface area contributed by atoms with E-state index >= 15 is 0 Å². The summed E-state index contributed by atoms with van der Waals surface area (Å²) in [6, 6.07) is 10.7. The first kappa shape index (κ1) is 22.4. The molecule has 0 bridgehead atoms. The lowest BCUT2D eigenvalue weighted by Crippen LogP contribution is -2.04. The Morgan fingerprint density at radius 1 is 1.07 bits per heavy atom. The molecular weight excluding hydrogens is 438 g/mol. The minimum atomic E-state index is -0.137. The monoisotopic (exact) mass is 459 g/mol. The summed E-state index contributed by atoms with van der Waals surface area (Å²) in [7, 11) is 0. The standard InChI is InChI=1S/C23H22ClNO3S2/c1-3-4-5-18(26)20-10-11-21(30-20)19(27)12-25-14(2)17-13-29-23(22(17)28)15-6-8-16(24)9-7-15/h6-11,13,28H,3-5,12H2,1-2H3. The van der Waals surface area contributed by atoms with Gasteiger partial charge in [0.05, 0.1) is 14.6 Å². The van der Waals surface area contributed by atoms with Crippen LogP contribution >= 0.6 is 34.3 Å². The number of carbonyl (C=O) groups is 2. The second-order valence-electron chi connectivity index (χ2n) is 6.85. The molecule has 2 heterocycles. The van der Waals surface area contributed by atoms with Crippen molar-refractivity contribution in [3.8, 4) is 16.2 Å². The summed E-state index contributed by atoms with van der Waals surface area (Å²) in [5.74, 6) is 0.0935. The Bertz CT molecular complexity index is 1080. The quantitative estimate of drug-likeness (QED) is 0.279. The predicted octanol–water partition coefficient (Wildman–Crippen LogP) is 6.90. The van der Waals surface area contributed by atoms with Gasteiger partial charge in [0.2, 0.25) is 0 Å². The molecule has 4 nitrogen and oxygen atoms in total. The van der Waals surface area contributed by atoms with Crippen LogP contribution < -0.4 is 0 Å². The third-order valence-corrected chi connectivity index (χ3v) is 7.07. The fourth-order valence-corrected chi connectivity index (χ4v) is 4.91. The minimum Gasteiger partial charge on any atom is -0.506 e. The Morgan fingerprint density at radius 3 is 2.40 bits per heavy atom. The first-order valence-electron chi connectivity index (χ1n) is 9.64. The summed E-state index contributed by atoms with van der Waals surface area (Å²) in [5.41, 5.74) is 2.07. The Balaban J connectivity index is 1.69. The summed E-state index contributed by atoms with van der Waals surface area (Å²) in [6.07, 6.45) is 2.33. The Kier molecular flexibility index (Phi) is 7.58. The van der Waals surface area contributed by atoms with Crippen molar-refractivity contribution in [3.63, 3.8) is 0 Å². The van der Waals surface area contributed by atoms with Crippen LogP contribution in [0.4, 0.5) is 0 Å². The molecule has 0 aliphatic carbocycles. The van der Waals surface area contributed by atoms with E-state index in [9.17, 15) is 14.7 Å². The molecule has 3 aromatic rings. The van der Waals surface area contributed by atoms with Crippen molar-refractivity contribution in [1.29, 1.82) is 0 Å². The molecule has 0 fully saturated rings. The van der Waals surface area contributed by atoms with Gasteiger partial charge in [0.1, 0.15) is 12.3 Å². The lowest BCUT2D eigenvalue weighted by molar-refractivity contribution is 0.0982. The van der Waals surface area contributed by atoms with Crippen molar-refractivity contribution < 1.29 is 14.7 Å². The summed E-state index contributed by atoms with van der Waals surface area (Å²) in [4.78, 5) is 30.9. The minimum absolute atomic E-state index is 0.0273. The van der Waals surface area contributed by atoms with Crippen molar-refractivity contribution >= 4 is 51.6 Å². The van der Waals surface area contributed by atoms with Gasteiger partial charge in [-0.3, -0.25) is 14.6 Å². The Hall–Kier alpha value is -2.28. The molecular formula is C23H22ClNO3S2. The van der Waals surface area contributed by atoms with Gasteiger partial charge in [-0.2, -0.15) is 0 Å². The predicted molar refractivity (Wildman–Crippen MR) is 126 cm³/mol. The van der Waals surface area contributed by atoms with E-state index in [1.165, 1.54) is 22.7 Å². The average Bonchev–Trinajstić information content (AvgIpc) is 3.38. The van der Waals surface area contributed by atoms with E-state index in [4.69, 9.17) is 11.6 Å². The molecule has 2 aromatic heterocycles. The molecule has 0 amide bonds. The maximum atomic E-state index is 12.5. The van der Waals surface area contributed by atoms with Crippen molar-refractivity contribution in [2.24, 2.45) is 4.99 Å². The van der Waals surface area contributed by atoms with Crippen molar-refractivity contribution in [2.75, 3.05) is 6.54 Å². The molecule has 0 unspecified atom stereocenters. The number of aliphatic imine (C=N–C) groups is 1. The molecule has 0 atom stereocenters. The van der Waals surface area contributed by atoms with E-state index in [1.807, 2.05) is 24.4 Å². The zero-order valence-electron chi connectivity index (χ0n) is 16.8. The lowest BCUT2D eigenvalue weighted by Gasteiger charge is -2.02. The summed E-state index contributed by atoms with van der Waals surface area (Å²) >= 11 is 8.57. The van der Waals surface area contributed by atoms with Gasteiger partial charge < -0.3 is 5.11 Å². The SMILES string of the molecule is CCCCC(=O)c1ccc(C(=O)CN=C(C)c2csc(-c3ccc(Cl)cc3)c2O)s1. The van der Waals surface area contributed by atoms with Crippen molar-refractivity contribution in [2.45, 2.75) is 33.1 Å². The third kappa shape index (κ3) is 5.25. The molecule has 0 spiro atoms. The molecule has 0 radical (unpaired) electrons. The van der Waals surface area contributed by atoms with Crippen LogP contribution in [0.5, 0.6) is 5.75 Å². The normalized spacial score (nSPS) is 11.6. The molecule has 30 heavy (non-hydrogen) atoms. The Morgan fingerprint density at radius 2 is 1.73 bits per heavy atom. The second kappa shape index (κ2) is 10.2. The van der Waals surface area contributed by atoms with Crippen LogP contribution in [0.3, 0.4) is 0 Å². The molecule has 1 N–H and O–H groups in total. The number of Topliss-reactive ketones (excluding diaryl/α,β-unsaturated/α-hetero) is 2. The third-order valence-electron chi connectivity index (χ3n) is 4.63. The largest absolute Gasteiger partial charge is 0.506 e. The van der Waals surface area contributed by atoms with E-state index in [-0.39, 0.29) is 23.9 Å². The second-order valence-corrected chi connectivity index (χ2v) is 9.25. The number of nitrogens with zero attached hydrogens (tertiary/aromatic N) is 1. The highest BCUT2D eigenvalue weighted by atomic mass is 35.5. The van der Waals surface area contributed by atoms with E-state index < -0.39 is 0 Å². The summed E-state index contributed by atoms with van der Waals surface area (Å²) in [5, 5.41) is 13.1.